The Balaban J connectivity index is 1.78. The maximum Gasteiger partial charge on any atom is 0.310 e. The Hall–Kier alpha value is -2.65. The first kappa shape index (κ1) is 21.6. The lowest BCUT2D eigenvalue weighted by Gasteiger charge is -2.12. The Kier molecular flexibility index (Phi) is 7.36. The van der Waals surface area contributed by atoms with Gasteiger partial charge in [0.1, 0.15) is 19.0 Å². The van der Waals surface area contributed by atoms with Crippen LogP contribution in [0, 0.1) is 5.82 Å². The molecule has 152 valence electrons. The van der Waals surface area contributed by atoms with Gasteiger partial charge in [0.05, 0.1) is 18.4 Å². The largest absolute Gasteiger partial charge is 0.494 e. The van der Waals surface area contributed by atoms with Crippen LogP contribution in [0.4, 0.5) is 4.39 Å². The van der Waals surface area contributed by atoms with Crippen molar-refractivity contribution in [3.63, 3.8) is 0 Å². The van der Waals surface area contributed by atoms with Crippen molar-refractivity contribution in [3.8, 4) is 11.5 Å². The highest BCUT2D eigenvalue weighted by Crippen LogP contribution is 2.19. The fourth-order valence-corrected chi connectivity index (χ4v) is 3.17. The number of benzene rings is 2. The first-order valence-electron chi connectivity index (χ1n) is 8.37. The molecule has 0 aliphatic heterocycles. The fraction of sp³-hybridized carbons (Fsp3) is 0.316. The van der Waals surface area contributed by atoms with Gasteiger partial charge in [-0.2, -0.15) is 0 Å². The molecule has 7 nitrogen and oxygen atoms in total. The van der Waals surface area contributed by atoms with Crippen molar-refractivity contribution in [2.75, 3.05) is 34.4 Å². The monoisotopic (exact) mass is 411 g/mol. The third kappa shape index (κ3) is 5.67. The molecule has 0 saturated carbocycles. The molecule has 28 heavy (non-hydrogen) atoms. The summed E-state index contributed by atoms with van der Waals surface area (Å²) >= 11 is 0. The van der Waals surface area contributed by atoms with Crippen molar-refractivity contribution in [1.82, 2.24) is 4.31 Å². The molecule has 0 heterocycles. The van der Waals surface area contributed by atoms with Gasteiger partial charge in [-0.25, -0.2) is 17.1 Å². The number of sulfonamides is 1. The summed E-state index contributed by atoms with van der Waals surface area (Å²) < 4.78 is 54.0. The summed E-state index contributed by atoms with van der Waals surface area (Å²) in [4.78, 5) is 12.0. The molecule has 0 fully saturated rings. The zero-order valence-corrected chi connectivity index (χ0v) is 16.7. The molecule has 0 N–H and O–H groups in total. The summed E-state index contributed by atoms with van der Waals surface area (Å²) in [6.45, 7) is 0.109. The molecular formula is C19H22FNO6S. The highest BCUT2D eigenvalue weighted by atomic mass is 32.2. The lowest BCUT2D eigenvalue weighted by atomic mass is 10.1. The Bertz CT molecular complexity index is 913. The van der Waals surface area contributed by atoms with Gasteiger partial charge in [0.15, 0.2) is 11.6 Å². The maximum absolute atomic E-state index is 13.6. The molecule has 2 aromatic rings. The smallest absolute Gasteiger partial charge is 0.310 e. The fourth-order valence-electron chi connectivity index (χ4n) is 2.27. The van der Waals surface area contributed by atoms with Crippen molar-refractivity contribution < 1.29 is 31.8 Å². The number of esters is 1. The number of methoxy groups -OCH3 is 1. The third-order valence-electron chi connectivity index (χ3n) is 3.78. The van der Waals surface area contributed by atoms with Gasteiger partial charge in [-0.3, -0.25) is 4.79 Å². The molecule has 0 amide bonds. The number of rotatable bonds is 9. The van der Waals surface area contributed by atoms with Crippen LogP contribution >= 0.6 is 0 Å². The average Bonchev–Trinajstić information content (AvgIpc) is 2.65. The molecule has 2 aromatic carbocycles. The van der Waals surface area contributed by atoms with E-state index < -0.39 is 21.8 Å². The van der Waals surface area contributed by atoms with Gasteiger partial charge in [-0.15, -0.1) is 0 Å². The van der Waals surface area contributed by atoms with E-state index in [2.05, 4.69) is 0 Å². The van der Waals surface area contributed by atoms with Crippen molar-refractivity contribution >= 4 is 16.0 Å². The summed E-state index contributed by atoms with van der Waals surface area (Å²) in [5, 5.41) is 0. The Morgan fingerprint density at radius 1 is 1.07 bits per heavy atom. The zero-order valence-electron chi connectivity index (χ0n) is 15.8. The van der Waals surface area contributed by atoms with E-state index in [1.54, 1.807) is 6.07 Å². The SMILES string of the molecule is COc1ccc(CC(=O)OCCOc2ccc(S(=O)(=O)N(C)C)cc2)cc1F. The van der Waals surface area contributed by atoms with Crippen molar-refractivity contribution in [3.05, 3.63) is 53.8 Å². The van der Waals surface area contributed by atoms with Gasteiger partial charge in [0.2, 0.25) is 10.0 Å². The van der Waals surface area contributed by atoms with Crippen LogP contribution in [0.15, 0.2) is 47.4 Å². The molecule has 2 rings (SSSR count). The number of hydrogen-bond acceptors (Lipinski definition) is 6. The van der Waals surface area contributed by atoms with Crippen LogP contribution in [0.2, 0.25) is 0 Å². The second-order valence-electron chi connectivity index (χ2n) is 5.97. The number of nitrogens with zero attached hydrogens (tertiary/aromatic N) is 1. The van der Waals surface area contributed by atoms with E-state index in [0.717, 1.165) is 4.31 Å². The summed E-state index contributed by atoms with van der Waals surface area (Å²) in [5.74, 6) is -0.502. The summed E-state index contributed by atoms with van der Waals surface area (Å²) in [5.41, 5.74) is 0.474. The standard InChI is InChI=1S/C19H22FNO6S/c1-21(2)28(23,24)16-7-5-15(6-8-16)26-10-11-27-19(22)13-14-4-9-18(25-3)17(20)12-14/h4-9,12H,10-11,13H2,1-3H3. The highest BCUT2D eigenvalue weighted by molar-refractivity contribution is 7.89. The molecule has 0 spiro atoms. The maximum atomic E-state index is 13.6. The van der Waals surface area contributed by atoms with Gasteiger partial charge < -0.3 is 14.2 Å². The minimum Gasteiger partial charge on any atom is -0.494 e. The number of halogens is 1. The van der Waals surface area contributed by atoms with E-state index >= 15 is 0 Å². The van der Waals surface area contributed by atoms with Gasteiger partial charge in [-0.1, -0.05) is 6.07 Å². The molecule has 0 aliphatic carbocycles. The zero-order chi connectivity index (χ0) is 20.7. The minimum atomic E-state index is -3.49. The number of ether oxygens (including phenoxy) is 3. The number of carbonyl (C=O) groups excluding carboxylic acids is 1. The van der Waals surface area contributed by atoms with Gasteiger partial charge in [0, 0.05) is 14.1 Å². The van der Waals surface area contributed by atoms with E-state index in [0.29, 0.717) is 11.3 Å². The molecular weight excluding hydrogens is 389 g/mol. The number of carbonyl (C=O) groups is 1. The molecule has 9 heteroatoms. The molecule has 0 atom stereocenters. The normalized spacial score (nSPS) is 11.3. The number of hydrogen-bond donors (Lipinski definition) is 0. The van der Waals surface area contributed by atoms with Crippen LogP contribution in [0.25, 0.3) is 0 Å². The first-order valence-corrected chi connectivity index (χ1v) is 9.81. The second-order valence-corrected chi connectivity index (χ2v) is 8.13. The van der Waals surface area contributed by atoms with Crippen LogP contribution in [0.1, 0.15) is 5.56 Å². The van der Waals surface area contributed by atoms with Crippen molar-refractivity contribution in [1.29, 1.82) is 0 Å². The Labute approximate surface area is 163 Å². The second kappa shape index (κ2) is 9.52. The molecule has 0 aliphatic rings. The van der Waals surface area contributed by atoms with Crippen LogP contribution in [0.5, 0.6) is 11.5 Å². The molecule has 0 bridgehead atoms. The van der Waals surface area contributed by atoms with Crippen LogP contribution in [-0.4, -0.2) is 53.1 Å². The van der Waals surface area contributed by atoms with E-state index in [9.17, 15) is 17.6 Å². The Morgan fingerprint density at radius 3 is 2.32 bits per heavy atom. The van der Waals surface area contributed by atoms with Crippen LogP contribution in [0.3, 0.4) is 0 Å². The van der Waals surface area contributed by atoms with Gasteiger partial charge in [-0.05, 0) is 42.0 Å². The molecule has 0 aromatic heterocycles. The van der Waals surface area contributed by atoms with E-state index in [1.807, 2.05) is 0 Å². The van der Waals surface area contributed by atoms with Crippen LogP contribution in [-0.2, 0) is 26.0 Å². The molecule has 0 saturated heterocycles. The van der Waals surface area contributed by atoms with E-state index in [-0.39, 0.29) is 30.3 Å². The predicted octanol–water partition coefficient (Wildman–Crippen LogP) is 2.25. The van der Waals surface area contributed by atoms with E-state index in [1.165, 1.54) is 57.6 Å². The van der Waals surface area contributed by atoms with Crippen LogP contribution < -0.4 is 9.47 Å². The van der Waals surface area contributed by atoms with Gasteiger partial charge >= 0.3 is 5.97 Å². The highest BCUT2D eigenvalue weighted by Gasteiger charge is 2.16. The Morgan fingerprint density at radius 2 is 1.75 bits per heavy atom. The first-order chi connectivity index (χ1) is 13.2. The lowest BCUT2D eigenvalue weighted by Crippen LogP contribution is -2.22. The lowest BCUT2D eigenvalue weighted by molar-refractivity contribution is -0.143. The van der Waals surface area contributed by atoms with Crippen molar-refractivity contribution in [2.45, 2.75) is 11.3 Å². The van der Waals surface area contributed by atoms with Crippen molar-refractivity contribution in [2.24, 2.45) is 0 Å². The predicted molar refractivity (Wildman–Crippen MR) is 100 cm³/mol. The quantitative estimate of drug-likeness (QED) is 0.465. The topological polar surface area (TPSA) is 82.1 Å². The van der Waals surface area contributed by atoms with Gasteiger partial charge in [0.25, 0.3) is 0 Å². The molecule has 0 radical (unpaired) electrons. The summed E-state index contributed by atoms with van der Waals surface area (Å²) in [7, 11) is 0.774. The summed E-state index contributed by atoms with van der Waals surface area (Å²) in [6.07, 6.45) is -0.0714. The molecule has 0 unspecified atom stereocenters. The van der Waals surface area contributed by atoms with E-state index in [4.69, 9.17) is 14.2 Å². The third-order valence-corrected chi connectivity index (χ3v) is 5.61. The average molecular weight is 411 g/mol. The minimum absolute atomic E-state index is 0.00914. The summed E-state index contributed by atoms with van der Waals surface area (Å²) in [6, 6.07) is 10.2.